The van der Waals surface area contributed by atoms with E-state index in [1.165, 1.54) is 4.90 Å². The normalized spacial score (nSPS) is 34.3. The number of carbonyl (C=O) groups is 1. The molecule has 92 valence electrons. The number of nitrogens with two attached hydrogens (primary N) is 1. The van der Waals surface area contributed by atoms with E-state index in [0.717, 1.165) is 0 Å². The second-order valence-electron chi connectivity index (χ2n) is 4.18. The van der Waals surface area contributed by atoms with Gasteiger partial charge in [0.05, 0.1) is 11.9 Å². The second-order valence-corrected chi connectivity index (χ2v) is 6.46. The van der Waals surface area contributed by atoms with E-state index in [1.807, 2.05) is 0 Å². The topological polar surface area (TPSA) is 89.7 Å². The Morgan fingerprint density at radius 1 is 1.50 bits per heavy atom. The molecule has 0 bridgehead atoms. The lowest BCUT2D eigenvalue weighted by molar-refractivity contribution is -0.149. The van der Waals surface area contributed by atoms with Crippen molar-refractivity contribution in [2.75, 3.05) is 25.4 Å². The molecule has 7 heteroatoms. The van der Waals surface area contributed by atoms with Crippen LogP contribution < -0.4 is 5.73 Å². The van der Waals surface area contributed by atoms with Crippen LogP contribution in [0.3, 0.4) is 0 Å². The summed E-state index contributed by atoms with van der Waals surface area (Å²) in [7, 11) is -3.14. The Morgan fingerprint density at radius 3 is 2.81 bits per heavy atom. The summed E-state index contributed by atoms with van der Waals surface area (Å²) in [6.45, 7) is 0.531. The van der Waals surface area contributed by atoms with Gasteiger partial charge in [0.15, 0.2) is 9.84 Å². The van der Waals surface area contributed by atoms with Crippen LogP contribution in [0.2, 0.25) is 0 Å². The van der Waals surface area contributed by atoms with Gasteiger partial charge in [0.1, 0.15) is 12.0 Å². The molecule has 2 aliphatic rings. The SMILES string of the molecule is NCC1CN(C2CCCS2(=O)=O)C(=O)CO1. The lowest BCUT2D eigenvalue weighted by Gasteiger charge is -2.35. The smallest absolute Gasteiger partial charge is 0.249 e. The lowest BCUT2D eigenvalue weighted by atomic mass is 10.2. The van der Waals surface area contributed by atoms with Crippen molar-refractivity contribution in [2.24, 2.45) is 5.73 Å². The summed E-state index contributed by atoms with van der Waals surface area (Å²) in [6.07, 6.45) is 0.921. The first-order chi connectivity index (χ1) is 7.54. The van der Waals surface area contributed by atoms with E-state index in [9.17, 15) is 13.2 Å². The van der Waals surface area contributed by atoms with Gasteiger partial charge in [-0.1, -0.05) is 0 Å². The molecule has 16 heavy (non-hydrogen) atoms. The van der Waals surface area contributed by atoms with Crippen molar-refractivity contribution in [3.8, 4) is 0 Å². The summed E-state index contributed by atoms with van der Waals surface area (Å²) in [4.78, 5) is 13.0. The van der Waals surface area contributed by atoms with Gasteiger partial charge in [-0.2, -0.15) is 0 Å². The molecule has 0 aromatic rings. The first-order valence-corrected chi connectivity index (χ1v) is 7.09. The first-order valence-electron chi connectivity index (χ1n) is 5.37. The van der Waals surface area contributed by atoms with Gasteiger partial charge in [0, 0.05) is 13.1 Å². The van der Waals surface area contributed by atoms with E-state index in [-0.39, 0.29) is 24.4 Å². The Kier molecular flexibility index (Phi) is 3.18. The van der Waals surface area contributed by atoms with Gasteiger partial charge in [-0.25, -0.2) is 8.42 Å². The van der Waals surface area contributed by atoms with E-state index in [4.69, 9.17) is 10.5 Å². The van der Waals surface area contributed by atoms with Gasteiger partial charge >= 0.3 is 0 Å². The maximum Gasteiger partial charge on any atom is 0.249 e. The molecule has 2 fully saturated rings. The molecule has 2 heterocycles. The molecule has 2 atom stereocenters. The van der Waals surface area contributed by atoms with Crippen LogP contribution in [0.5, 0.6) is 0 Å². The average molecular weight is 248 g/mol. The standard InChI is InChI=1S/C9H16N2O4S/c10-4-7-5-11(8(12)6-15-7)9-2-1-3-16(9,13)14/h7,9H,1-6,10H2. The van der Waals surface area contributed by atoms with Gasteiger partial charge in [0.25, 0.3) is 0 Å². The van der Waals surface area contributed by atoms with Gasteiger partial charge < -0.3 is 15.4 Å². The zero-order chi connectivity index (χ0) is 11.8. The van der Waals surface area contributed by atoms with Crippen LogP contribution in [0, 0.1) is 0 Å². The van der Waals surface area contributed by atoms with E-state index >= 15 is 0 Å². The third-order valence-electron chi connectivity index (χ3n) is 3.07. The number of hydrogen-bond donors (Lipinski definition) is 1. The molecule has 6 nitrogen and oxygen atoms in total. The van der Waals surface area contributed by atoms with Crippen LogP contribution in [-0.2, 0) is 19.4 Å². The van der Waals surface area contributed by atoms with Crippen molar-refractivity contribution >= 4 is 15.7 Å². The first kappa shape index (κ1) is 11.8. The minimum absolute atomic E-state index is 0.0616. The minimum Gasteiger partial charge on any atom is -0.365 e. The van der Waals surface area contributed by atoms with E-state index in [2.05, 4.69) is 0 Å². The highest BCUT2D eigenvalue weighted by Gasteiger charge is 2.41. The van der Waals surface area contributed by atoms with Crippen LogP contribution in [0.15, 0.2) is 0 Å². The molecule has 1 amide bonds. The third-order valence-corrected chi connectivity index (χ3v) is 5.25. The van der Waals surface area contributed by atoms with Gasteiger partial charge in [-0.3, -0.25) is 4.79 Å². The van der Waals surface area contributed by atoms with Gasteiger partial charge in [-0.05, 0) is 12.8 Å². The largest absolute Gasteiger partial charge is 0.365 e. The molecule has 2 N–H and O–H groups in total. The summed E-state index contributed by atoms with van der Waals surface area (Å²) < 4.78 is 28.7. The summed E-state index contributed by atoms with van der Waals surface area (Å²) in [5.41, 5.74) is 5.46. The van der Waals surface area contributed by atoms with Crippen molar-refractivity contribution in [1.82, 2.24) is 4.90 Å². The maximum absolute atomic E-state index is 11.7. The van der Waals surface area contributed by atoms with Crippen LogP contribution in [0.4, 0.5) is 0 Å². The van der Waals surface area contributed by atoms with E-state index in [0.29, 0.717) is 25.9 Å². The lowest BCUT2D eigenvalue weighted by Crippen LogP contribution is -2.54. The van der Waals surface area contributed by atoms with Crippen molar-refractivity contribution in [3.63, 3.8) is 0 Å². The summed E-state index contributed by atoms with van der Waals surface area (Å²) in [6, 6.07) is 0. The predicted octanol–water partition coefficient (Wildman–Crippen LogP) is -1.29. The fraction of sp³-hybridized carbons (Fsp3) is 0.889. The van der Waals surface area contributed by atoms with Crippen LogP contribution in [-0.4, -0.2) is 56.2 Å². The van der Waals surface area contributed by atoms with Gasteiger partial charge in [-0.15, -0.1) is 0 Å². The Hall–Kier alpha value is -0.660. The molecular weight excluding hydrogens is 232 g/mol. The zero-order valence-corrected chi connectivity index (χ0v) is 9.78. The van der Waals surface area contributed by atoms with Crippen molar-refractivity contribution in [1.29, 1.82) is 0 Å². The molecule has 2 rings (SSSR count). The Bertz CT molecular complexity index is 381. The highest BCUT2D eigenvalue weighted by atomic mass is 32.2. The summed E-state index contributed by atoms with van der Waals surface area (Å²) in [5, 5.41) is -0.655. The Labute approximate surface area is 94.6 Å². The number of ether oxygens (including phenoxy) is 1. The number of carbonyl (C=O) groups excluding carboxylic acids is 1. The number of amides is 1. The molecule has 0 saturated carbocycles. The quantitative estimate of drug-likeness (QED) is 0.656. The number of hydrogen-bond acceptors (Lipinski definition) is 5. The number of rotatable bonds is 2. The molecule has 0 aromatic carbocycles. The summed E-state index contributed by atoms with van der Waals surface area (Å²) >= 11 is 0. The number of nitrogens with zero attached hydrogens (tertiary/aromatic N) is 1. The van der Waals surface area contributed by atoms with Crippen molar-refractivity contribution in [3.05, 3.63) is 0 Å². The zero-order valence-electron chi connectivity index (χ0n) is 8.96. The van der Waals surface area contributed by atoms with Crippen molar-refractivity contribution < 1.29 is 17.9 Å². The average Bonchev–Trinajstić information content (AvgIpc) is 2.59. The third kappa shape index (κ3) is 2.07. The van der Waals surface area contributed by atoms with Gasteiger partial charge in [0.2, 0.25) is 5.91 Å². The highest BCUT2D eigenvalue weighted by molar-refractivity contribution is 7.92. The predicted molar refractivity (Wildman–Crippen MR) is 57.3 cm³/mol. The molecule has 0 radical (unpaired) electrons. The van der Waals surface area contributed by atoms with E-state index < -0.39 is 15.2 Å². The molecule has 0 aliphatic carbocycles. The minimum atomic E-state index is -3.14. The number of sulfone groups is 1. The van der Waals surface area contributed by atoms with E-state index in [1.54, 1.807) is 0 Å². The molecule has 2 unspecified atom stereocenters. The second kappa shape index (κ2) is 4.31. The molecule has 0 aromatic heterocycles. The van der Waals surface area contributed by atoms with Crippen LogP contribution in [0.1, 0.15) is 12.8 Å². The monoisotopic (exact) mass is 248 g/mol. The fourth-order valence-corrected chi connectivity index (χ4v) is 4.15. The molecular formula is C9H16N2O4S. The Morgan fingerprint density at radius 2 is 2.25 bits per heavy atom. The van der Waals surface area contributed by atoms with Crippen LogP contribution >= 0.6 is 0 Å². The van der Waals surface area contributed by atoms with Crippen LogP contribution in [0.25, 0.3) is 0 Å². The molecule has 2 aliphatic heterocycles. The highest BCUT2D eigenvalue weighted by Crippen LogP contribution is 2.25. The number of morpholine rings is 1. The molecule has 0 spiro atoms. The van der Waals surface area contributed by atoms with Crippen molar-refractivity contribution in [2.45, 2.75) is 24.3 Å². The fourth-order valence-electron chi connectivity index (χ4n) is 2.19. The Balaban J connectivity index is 2.15. The molecule has 2 saturated heterocycles. The maximum atomic E-state index is 11.7. The summed E-state index contributed by atoms with van der Waals surface area (Å²) in [5.74, 6) is -0.0737.